The van der Waals surface area contributed by atoms with Gasteiger partial charge in [-0.1, -0.05) is 0 Å². The van der Waals surface area contributed by atoms with Crippen LogP contribution in [0, 0.1) is 0 Å². The topological polar surface area (TPSA) is 88.4 Å². The Kier molecular flexibility index (Phi) is 3.25. The maximum Gasteiger partial charge on any atom is 0.160 e. The zero-order valence-corrected chi connectivity index (χ0v) is 10.7. The van der Waals surface area contributed by atoms with E-state index in [1.807, 2.05) is 12.1 Å². The van der Waals surface area contributed by atoms with Crippen molar-refractivity contribution in [3.8, 4) is 0 Å². The van der Waals surface area contributed by atoms with Gasteiger partial charge in [0.2, 0.25) is 0 Å². The van der Waals surface area contributed by atoms with Gasteiger partial charge in [-0.15, -0.1) is 0 Å². The number of fused-ring (bicyclic) bond motifs is 1. The van der Waals surface area contributed by atoms with Gasteiger partial charge in [0.25, 0.3) is 0 Å². The van der Waals surface area contributed by atoms with E-state index in [1.54, 1.807) is 0 Å². The molecule has 0 bridgehead atoms. The Morgan fingerprint density at radius 3 is 2.79 bits per heavy atom. The normalized spacial score (nSPS) is 15.6. The minimum Gasteiger partial charge on any atom is -0.397 e. The molecule has 19 heavy (non-hydrogen) atoms. The van der Waals surface area contributed by atoms with E-state index in [-0.39, 0.29) is 6.61 Å². The second kappa shape index (κ2) is 5.05. The maximum absolute atomic E-state index is 9.06. The summed E-state index contributed by atoms with van der Waals surface area (Å²) >= 11 is 0. The highest BCUT2D eigenvalue weighted by Crippen LogP contribution is 2.34. The zero-order chi connectivity index (χ0) is 13.2. The van der Waals surface area contributed by atoms with Crippen LogP contribution < -0.4 is 10.6 Å². The van der Waals surface area contributed by atoms with Crippen LogP contribution in [0.4, 0.5) is 11.4 Å². The van der Waals surface area contributed by atoms with E-state index < -0.39 is 0 Å². The average molecular weight is 262 g/mol. The van der Waals surface area contributed by atoms with E-state index in [0.29, 0.717) is 22.8 Å². The minimum absolute atomic E-state index is 0.193. The Balaban J connectivity index is 1.99. The van der Waals surface area contributed by atoms with Crippen molar-refractivity contribution >= 4 is 22.4 Å². The highest BCUT2D eigenvalue weighted by molar-refractivity contribution is 5.95. The van der Waals surface area contributed by atoms with Gasteiger partial charge in [-0.3, -0.25) is 0 Å². The fourth-order valence-corrected chi connectivity index (χ4v) is 2.54. The summed E-state index contributed by atoms with van der Waals surface area (Å²) in [6.07, 6.45) is 4.37. The van der Waals surface area contributed by atoms with Crippen molar-refractivity contribution in [1.82, 2.24) is 10.3 Å². The molecule has 3 N–H and O–H groups in total. The molecule has 1 aliphatic rings. The average Bonchev–Trinajstić information content (AvgIpc) is 2.83. The van der Waals surface area contributed by atoms with Crippen LogP contribution in [-0.4, -0.2) is 34.6 Å². The molecule has 0 atom stereocenters. The Hall–Kier alpha value is -1.82. The number of hydrogen-bond donors (Lipinski definition) is 2. The molecule has 1 aliphatic carbocycles. The molecule has 1 aromatic carbocycles. The first kappa shape index (κ1) is 12.2. The van der Waals surface area contributed by atoms with E-state index in [1.165, 1.54) is 19.3 Å². The molecule has 0 radical (unpaired) electrons. The summed E-state index contributed by atoms with van der Waals surface area (Å²) in [7, 11) is 0. The van der Waals surface area contributed by atoms with Gasteiger partial charge in [0.05, 0.1) is 11.4 Å². The van der Waals surface area contributed by atoms with Gasteiger partial charge < -0.3 is 15.7 Å². The first-order valence-electron chi connectivity index (χ1n) is 6.69. The van der Waals surface area contributed by atoms with Crippen molar-refractivity contribution in [2.45, 2.75) is 31.7 Å². The molecule has 2 aromatic rings. The van der Waals surface area contributed by atoms with Crippen LogP contribution in [-0.2, 0) is 0 Å². The van der Waals surface area contributed by atoms with E-state index >= 15 is 0 Å². The summed E-state index contributed by atoms with van der Waals surface area (Å²) in [6, 6.07) is 4.33. The molecular formula is C13H18N4O2. The molecule has 3 rings (SSSR count). The molecule has 1 saturated carbocycles. The molecule has 0 amide bonds. The van der Waals surface area contributed by atoms with E-state index in [4.69, 9.17) is 15.5 Å². The lowest BCUT2D eigenvalue weighted by molar-refractivity contribution is 0.283. The predicted molar refractivity (Wildman–Crippen MR) is 72.9 cm³/mol. The lowest BCUT2D eigenvalue weighted by Crippen LogP contribution is -2.41. The molecule has 6 nitrogen and oxygen atoms in total. The SMILES string of the molecule is Nc1ccc(N(CCCO)C2CCC2)c2nonc12. The third-order valence-corrected chi connectivity index (χ3v) is 3.81. The van der Waals surface area contributed by atoms with Crippen molar-refractivity contribution in [2.24, 2.45) is 0 Å². The third-order valence-electron chi connectivity index (χ3n) is 3.81. The summed E-state index contributed by atoms with van der Waals surface area (Å²) in [4.78, 5) is 2.30. The van der Waals surface area contributed by atoms with Crippen LogP contribution in [0.2, 0.25) is 0 Å². The first-order valence-corrected chi connectivity index (χ1v) is 6.69. The number of benzene rings is 1. The number of anilines is 2. The summed E-state index contributed by atoms with van der Waals surface area (Å²) in [6.45, 7) is 1.01. The number of nitrogens with two attached hydrogens (primary N) is 1. The number of aromatic nitrogens is 2. The molecular weight excluding hydrogens is 244 g/mol. The molecule has 0 aliphatic heterocycles. The maximum atomic E-state index is 9.06. The fraction of sp³-hybridized carbons (Fsp3) is 0.538. The van der Waals surface area contributed by atoms with Crippen molar-refractivity contribution in [2.75, 3.05) is 23.8 Å². The molecule has 0 spiro atoms. The monoisotopic (exact) mass is 262 g/mol. The highest BCUT2D eigenvalue weighted by atomic mass is 16.6. The van der Waals surface area contributed by atoms with Crippen molar-refractivity contribution < 1.29 is 9.74 Å². The molecule has 6 heteroatoms. The fourth-order valence-electron chi connectivity index (χ4n) is 2.54. The standard InChI is InChI=1S/C13H18N4O2/c14-10-5-6-11(13-12(10)15-19-16-13)17(7-2-8-18)9-3-1-4-9/h5-6,9,18H,1-4,7-8,14H2. The molecule has 102 valence electrons. The molecule has 1 fully saturated rings. The van der Waals surface area contributed by atoms with Gasteiger partial charge in [0.1, 0.15) is 0 Å². The van der Waals surface area contributed by atoms with E-state index in [9.17, 15) is 0 Å². The van der Waals surface area contributed by atoms with Gasteiger partial charge in [0, 0.05) is 19.2 Å². The molecule has 0 saturated heterocycles. The van der Waals surface area contributed by atoms with Crippen molar-refractivity contribution in [3.63, 3.8) is 0 Å². The van der Waals surface area contributed by atoms with Gasteiger partial charge in [-0.2, -0.15) is 0 Å². The Morgan fingerprint density at radius 2 is 2.11 bits per heavy atom. The van der Waals surface area contributed by atoms with Crippen molar-refractivity contribution in [3.05, 3.63) is 12.1 Å². The molecule has 0 unspecified atom stereocenters. The quantitative estimate of drug-likeness (QED) is 0.795. The largest absolute Gasteiger partial charge is 0.397 e. The Labute approximate surface area is 111 Å². The smallest absolute Gasteiger partial charge is 0.160 e. The van der Waals surface area contributed by atoms with E-state index in [0.717, 1.165) is 18.7 Å². The minimum atomic E-state index is 0.193. The first-order chi connectivity index (χ1) is 9.31. The number of aliphatic hydroxyl groups is 1. The van der Waals surface area contributed by atoms with Crippen LogP contribution in [0.3, 0.4) is 0 Å². The summed E-state index contributed by atoms with van der Waals surface area (Å²) in [5.74, 6) is 0. The third kappa shape index (κ3) is 2.12. The predicted octanol–water partition coefficient (Wildman–Crippen LogP) is 1.55. The number of aliphatic hydroxyl groups excluding tert-OH is 1. The Bertz CT molecular complexity index is 565. The second-order valence-corrected chi connectivity index (χ2v) is 4.99. The van der Waals surface area contributed by atoms with Crippen molar-refractivity contribution in [1.29, 1.82) is 0 Å². The van der Waals surface area contributed by atoms with Gasteiger partial charge in [0.15, 0.2) is 11.0 Å². The van der Waals surface area contributed by atoms with Crippen LogP contribution in [0.15, 0.2) is 16.8 Å². The number of nitrogens with zero attached hydrogens (tertiary/aromatic N) is 3. The van der Waals surface area contributed by atoms with Gasteiger partial charge in [-0.05, 0) is 48.1 Å². The summed E-state index contributed by atoms with van der Waals surface area (Å²) < 4.78 is 4.82. The number of hydrogen-bond acceptors (Lipinski definition) is 6. The van der Waals surface area contributed by atoms with Gasteiger partial charge in [-0.25, -0.2) is 4.63 Å². The lowest BCUT2D eigenvalue weighted by Gasteiger charge is -2.39. The number of nitrogen functional groups attached to an aromatic ring is 1. The molecule has 1 aromatic heterocycles. The summed E-state index contributed by atoms with van der Waals surface area (Å²) in [5, 5.41) is 16.9. The van der Waals surface area contributed by atoms with Crippen LogP contribution in [0.25, 0.3) is 11.0 Å². The highest BCUT2D eigenvalue weighted by Gasteiger charge is 2.27. The van der Waals surface area contributed by atoms with E-state index in [2.05, 4.69) is 15.2 Å². The Morgan fingerprint density at radius 1 is 1.32 bits per heavy atom. The zero-order valence-electron chi connectivity index (χ0n) is 10.7. The van der Waals surface area contributed by atoms with Gasteiger partial charge >= 0.3 is 0 Å². The van der Waals surface area contributed by atoms with Crippen LogP contribution in [0.1, 0.15) is 25.7 Å². The summed E-state index contributed by atoms with van der Waals surface area (Å²) in [5.41, 5.74) is 8.78. The second-order valence-electron chi connectivity index (χ2n) is 4.99. The van der Waals surface area contributed by atoms with Crippen LogP contribution in [0.5, 0.6) is 0 Å². The van der Waals surface area contributed by atoms with Crippen LogP contribution >= 0.6 is 0 Å². The number of rotatable bonds is 5. The molecule has 1 heterocycles. The lowest BCUT2D eigenvalue weighted by atomic mass is 9.90.